The average Bonchev–Trinajstić information content (AvgIpc) is 2.99. The molecule has 2 aromatic carbocycles. The highest BCUT2D eigenvalue weighted by molar-refractivity contribution is 5.44. The molecule has 0 spiro atoms. The van der Waals surface area contributed by atoms with Crippen molar-refractivity contribution >= 4 is 0 Å². The number of rotatable bonds is 15. The van der Waals surface area contributed by atoms with Crippen LogP contribution in [-0.4, -0.2) is 27.4 Å². The van der Waals surface area contributed by atoms with Gasteiger partial charge in [0.1, 0.15) is 24.7 Å². The van der Waals surface area contributed by atoms with Crippen molar-refractivity contribution in [3.05, 3.63) is 58.7 Å². The lowest BCUT2D eigenvalue weighted by Gasteiger charge is -2.17. The summed E-state index contributed by atoms with van der Waals surface area (Å²) in [6.07, 6.45) is 8.94. The highest BCUT2D eigenvalue weighted by Gasteiger charge is 2.12. The van der Waals surface area contributed by atoms with Gasteiger partial charge in [-0.15, -0.1) is 0 Å². The average molecular weight is 577 g/mol. The third-order valence-corrected chi connectivity index (χ3v) is 5.77. The molecule has 0 aromatic heterocycles. The van der Waals surface area contributed by atoms with Gasteiger partial charge in [0.2, 0.25) is 0 Å². The molecule has 0 heterocycles. The molecule has 2 aromatic rings. The Morgan fingerprint density at radius 1 is 0.659 bits per heavy atom. The summed E-state index contributed by atoms with van der Waals surface area (Å²) in [7, 11) is 3.39. The fourth-order valence-corrected chi connectivity index (χ4v) is 4.09. The molecule has 0 aliphatic carbocycles. The van der Waals surface area contributed by atoms with Gasteiger partial charge < -0.3 is 18.9 Å². The van der Waals surface area contributed by atoms with Gasteiger partial charge in [-0.2, -0.15) is 0 Å². The Bertz CT molecular complexity index is 757. The summed E-state index contributed by atoms with van der Waals surface area (Å²) in [4.78, 5) is 0. The second-order valence-corrected chi connectivity index (χ2v) is 9.50. The Morgan fingerprint density at radius 2 is 1.12 bits per heavy atom. The molecule has 0 aliphatic heterocycles. The van der Waals surface area contributed by atoms with Crippen molar-refractivity contribution in [2.75, 3.05) is 27.4 Å². The van der Waals surface area contributed by atoms with Crippen molar-refractivity contribution in [2.24, 2.45) is 0 Å². The first-order valence-corrected chi connectivity index (χ1v) is 16.4. The van der Waals surface area contributed by atoms with Gasteiger partial charge in [-0.25, -0.2) is 0 Å². The van der Waals surface area contributed by atoms with Crippen LogP contribution >= 0.6 is 0 Å². The Morgan fingerprint density at radius 3 is 1.49 bits per heavy atom. The van der Waals surface area contributed by atoms with Gasteiger partial charge in [0, 0.05) is 25.3 Å². The van der Waals surface area contributed by atoms with Gasteiger partial charge in [0.25, 0.3) is 0 Å². The van der Waals surface area contributed by atoms with Gasteiger partial charge >= 0.3 is 0 Å². The topological polar surface area (TPSA) is 36.9 Å². The van der Waals surface area contributed by atoms with E-state index in [1.54, 1.807) is 14.2 Å². The van der Waals surface area contributed by atoms with Gasteiger partial charge in [-0.05, 0) is 43.4 Å². The number of unbranched alkanes of at least 4 members (excludes halogenated alkanes) is 2. The van der Waals surface area contributed by atoms with Crippen LogP contribution in [0.15, 0.2) is 36.4 Å². The SMILES string of the molecule is CC.CC.CCC.CCCC(CC)c1ccc(OCCOc2c(COC)cc(C)cc2COC)cc1.CCCCC. The zero-order valence-electron chi connectivity index (χ0n) is 29.5. The summed E-state index contributed by atoms with van der Waals surface area (Å²) in [6.45, 7) is 25.2. The molecule has 0 amide bonds. The molecule has 0 saturated heterocycles. The number of ether oxygens (including phenoxy) is 4. The van der Waals surface area contributed by atoms with Gasteiger partial charge in [0.05, 0.1) is 13.2 Å². The van der Waals surface area contributed by atoms with E-state index in [-0.39, 0.29) is 0 Å². The van der Waals surface area contributed by atoms with Crippen molar-refractivity contribution in [2.45, 2.75) is 140 Å². The van der Waals surface area contributed by atoms with E-state index in [1.807, 2.05) is 27.7 Å². The van der Waals surface area contributed by atoms with Crippen LogP contribution < -0.4 is 9.47 Å². The van der Waals surface area contributed by atoms with Crippen molar-refractivity contribution in [3.8, 4) is 11.5 Å². The molecule has 0 bridgehead atoms. The van der Waals surface area contributed by atoms with E-state index in [4.69, 9.17) is 18.9 Å². The lowest BCUT2D eigenvalue weighted by molar-refractivity contribution is 0.164. The van der Waals surface area contributed by atoms with Crippen LogP contribution in [0.4, 0.5) is 0 Å². The lowest BCUT2D eigenvalue weighted by atomic mass is 9.92. The summed E-state index contributed by atoms with van der Waals surface area (Å²) < 4.78 is 22.6. The molecule has 2 rings (SSSR count). The second-order valence-electron chi connectivity index (χ2n) is 9.50. The minimum Gasteiger partial charge on any atom is -0.490 e. The molecule has 0 saturated carbocycles. The first-order valence-electron chi connectivity index (χ1n) is 16.4. The highest BCUT2D eigenvalue weighted by Crippen LogP contribution is 2.28. The number of hydrogen-bond acceptors (Lipinski definition) is 4. The molecular weight excluding hydrogens is 508 g/mol. The number of methoxy groups -OCH3 is 2. The van der Waals surface area contributed by atoms with Crippen molar-refractivity contribution in [1.29, 1.82) is 0 Å². The van der Waals surface area contributed by atoms with Crippen LogP contribution in [0.25, 0.3) is 0 Å². The molecule has 0 fully saturated rings. The molecule has 0 radical (unpaired) electrons. The van der Waals surface area contributed by atoms with Crippen molar-refractivity contribution in [3.63, 3.8) is 0 Å². The number of benzene rings is 2. The third-order valence-electron chi connectivity index (χ3n) is 5.77. The molecule has 240 valence electrons. The molecule has 0 N–H and O–H groups in total. The molecule has 4 heteroatoms. The summed E-state index contributed by atoms with van der Waals surface area (Å²) in [5, 5.41) is 0. The van der Waals surface area contributed by atoms with Crippen LogP contribution in [0, 0.1) is 6.92 Å². The number of aryl methyl sites for hydroxylation is 1. The standard InChI is InChI=1S/C25H36O4.C5H12.C3H8.2C2H6/c1-6-8-20(7-2)21-9-11-24(12-10-21)28-13-14-29-25-22(17-26-4)15-19(3)16-23(25)18-27-5;1-3-5-4-2;1-3-2;2*1-2/h9-12,15-16,20H,6-8,13-14,17-18H2,1-5H3;3-5H2,1-2H3;3H2,1-2H3;2*1-2H3. The maximum atomic E-state index is 6.08. The van der Waals surface area contributed by atoms with Crippen LogP contribution in [-0.2, 0) is 22.7 Å². The number of hydrogen-bond donors (Lipinski definition) is 0. The monoisotopic (exact) mass is 577 g/mol. The lowest BCUT2D eigenvalue weighted by Crippen LogP contribution is -2.12. The summed E-state index contributed by atoms with van der Waals surface area (Å²) in [5.74, 6) is 2.35. The fraction of sp³-hybridized carbons (Fsp3) is 0.676. The first-order chi connectivity index (χ1) is 19.9. The van der Waals surface area contributed by atoms with Crippen molar-refractivity contribution in [1.82, 2.24) is 0 Å². The van der Waals surface area contributed by atoms with Crippen LogP contribution in [0.3, 0.4) is 0 Å². The van der Waals surface area contributed by atoms with E-state index >= 15 is 0 Å². The van der Waals surface area contributed by atoms with E-state index in [2.05, 4.69) is 84.9 Å². The summed E-state index contributed by atoms with van der Waals surface area (Å²) in [6, 6.07) is 12.7. The van der Waals surface area contributed by atoms with E-state index in [0.717, 1.165) is 22.6 Å². The molecule has 1 unspecified atom stereocenters. The quantitative estimate of drug-likeness (QED) is 0.198. The van der Waals surface area contributed by atoms with Gasteiger partial charge in [-0.3, -0.25) is 0 Å². The molecule has 41 heavy (non-hydrogen) atoms. The zero-order chi connectivity index (χ0) is 31.9. The maximum absolute atomic E-state index is 6.08. The van der Waals surface area contributed by atoms with E-state index in [0.29, 0.717) is 32.3 Å². The molecule has 0 aliphatic rings. The third kappa shape index (κ3) is 21.3. The second kappa shape index (κ2) is 32.5. The van der Waals surface area contributed by atoms with Gasteiger partial charge in [0.15, 0.2) is 0 Å². The first kappa shape index (κ1) is 43.4. The predicted molar refractivity (Wildman–Crippen MR) is 182 cm³/mol. The zero-order valence-corrected chi connectivity index (χ0v) is 29.5. The minimum atomic E-state index is 0.464. The smallest absolute Gasteiger partial charge is 0.130 e. The van der Waals surface area contributed by atoms with Crippen LogP contribution in [0.1, 0.15) is 142 Å². The molecular formula is C37H68O4. The minimum absolute atomic E-state index is 0.464. The Balaban J connectivity index is -0.00000103. The van der Waals surface area contributed by atoms with Gasteiger partial charge in [-0.1, -0.05) is 131 Å². The van der Waals surface area contributed by atoms with Crippen molar-refractivity contribution < 1.29 is 18.9 Å². The Hall–Kier alpha value is -2.04. The Labute approximate surface area is 256 Å². The highest BCUT2D eigenvalue weighted by atomic mass is 16.5. The van der Waals surface area contributed by atoms with Crippen LogP contribution in [0.2, 0.25) is 0 Å². The Kier molecular flexibility index (Phi) is 34.4. The van der Waals surface area contributed by atoms with E-state index < -0.39 is 0 Å². The maximum Gasteiger partial charge on any atom is 0.130 e. The fourth-order valence-electron chi connectivity index (χ4n) is 4.09. The largest absolute Gasteiger partial charge is 0.490 e. The normalized spacial score (nSPS) is 10.3. The summed E-state index contributed by atoms with van der Waals surface area (Å²) >= 11 is 0. The molecule has 1 atom stereocenters. The van der Waals surface area contributed by atoms with E-state index in [1.165, 1.54) is 56.1 Å². The molecule has 4 nitrogen and oxygen atoms in total. The summed E-state index contributed by atoms with van der Waals surface area (Å²) in [5.41, 5.74) is 4.63. The predicted octanol–water partition coefficient (Wildman–Crippen LogP) is 11.7. The van der Waals surface area contributed by atoms with E-state index in [9.17, 15) is 0 Å². The van der Waals surface area contributed by atoms with Crippen LogP contribution in [0.5, 0.6) is 11.5 Å².